The first-order valence-electron chi connectivity index (χ1n) is 6.95. The molecule has 0 aromatic heterocycles. The van der Waals surface area contributed by atoms with Crippen LogP contribution in [0.25, 0.3) is 0 Å². The number of aliphatic imine (C=N–C) groups is 1. The third kappa shape index (κ3) is 4.05. The highest BCUT2D eigenvalue weighted by molar-refractivity contribution is 5.80. The van der Waals surface area contributed by atoms with Crippen molar-refractivity contribution in [3.05, 3.63) is 23.8 Å². The van der Waals surface area contributed by atoms with Gasteiger partial charge in [0, 0.05) is 25.7 Å². The fourth-order valence-corrected chi connectivity index (χ4v) is 2.09. The van der Waals surface area contributed by atoms with Crippen molar-refractivity contribution < 1.29 is 9.47 Å². The lowest BCUT2D eigenvalue weighted by Gasteiger charge is -2.20. The van der Waals surface area contributed by atoms with Gasteiger partial charge in [0.05, 0.1) is 14.2 Å². The fourth-order valence-electron chi connectivity index (χ4n) is 2.09. The van der Waals surface area contributed by atoms with E-state index in [2.05, 4.69) is 22.5 Å². The molecule has 1 heterocycles. The topological polar surface area (TPSA) is 54.9 Å². The Morgan fingerprint density at radius 2 is 1.95 bits per heavy atom. The molecule has 0 radical (unpaired) electrons. The molecule has 110 valence electrons. The van der Waals surface area contributed by atoms with E-state index in [0.29, 0.717) is 5.92 Å². The lowest BCUT2D eigenvalue weighted by Crippen LogP contribution is -2.44. The van der Waals surface area contributed by atoms with Crippen LogP contribution in [-0.4, -0.2) is 39.8 Å². The van der Waals surface area contributed by atoms with Gasteiger partial charge in [0.25, 0.3) is 0 Å². The second-order valence-electron chi connectivity index (χ2n) is 5.07. The first-order valence-corrected chi connectivity index (χ1v) is 6.95. The molecule has 0 saturated heterocycles. The molecule has 5 heteroatoms. The maximum atomic E-state index is 5.27. The van der Waals surface area contributed by atoms with Crippen LogP contribution in [0, 0.1) is 5.92 Å². The Kier molecular flexibility index (Phi) is 5.09. The summed E-state index contributed by atoms with van der Waals surface area (Å²) in [5.74, 6) is 3.16. The van der Waals surface area contributed by atoms with Gasteiger partial charge in [0.2, 0.25) is 0 Å². The van der Waals surface area contributed by atoms with Crippen LogP contribution in [0.5, 0.6) is 11.5 Å². The first kappa shape index (κ1) is 14.5. The maximum Gasteiger partial charge on any atom is 0.191 e. The molecule has 1 aromatic carbocycles. The van der Waals surface area contributed by atoms with Crippen molar-refractivity contribution in [2.45, 2.75) is 13.3 Å². The predicted molar refractivity (Wildman–Crippen MR) is 80.7 cm³/mol. The summed E-state index contributed by atoms with van der Waals surface area (Å²) in [6, 6.07) is 5.94. The van der Waals surface area contributed by atoms with Crippen molar-refractivity contribution in [3.63, 3.8) is 0 Å². The average Bonchev–Trinajstić information content (AvgIpc) is 2.49. The Bertz CT molecular complexity index is 452. The molecule has 1 aliphatic rings. The summed E-state index contributed by atoms with van der Waals surface area (Å²) in [4.78, 5) is 4.45. The molecule has 0 bridgehead atoms. The van der Waals surface area contributed by atoms with E-state index in [1.165, 1.54) is 5.56 Å². The van der Waals surface area contributed by atoms with E-state index in [0.717, 1.165) is 43.5 Å². The van der Waals surface area contributed by atoms with Gasteiger partial charge in [-0.25, -0.2) is 0 Å². The zero-order chi connectivity index (χ0) is 14.4. The van der Waals surface area contributed by atoms with Crippen LogP contribution in [0.2, 0.25) is 0 Å². The van der Waals surface area contributed by atoms with Crippen molar-refractivity contribution in [3.8, 4) is 11.5 Å². The molecule has 0 aliphatic carbocycles. The number of ether oxygens (including phenoxy) is 2. The molecule has 1 aromatic rings. The minimum absolute atomic E-state index is 0.614. The molecule has 1 unspecified atom stereocenters. The highest BCUT2D eigenvalue weighted by atomic mass is 16.5. The van der Waals surface area contributed by atoms with Crippen molar-refractivity contribution >= 4 is 5.96 Å². The minimum Gasteiger partial charge on any atom is -0.497 e. The second-order valence-corrected chi connectivity index (χ2v) is 5.07. The molecule has 1 atom stereocenters. The fraction of sp³-hybridized carbons (Fsp3) is 0.533. The van der Waals surface area contributed by atoms with Crippen molar-refractivity contribution in [1.82, 2.24) is 10.6 Å². The normalized spacial score (nSPS) is 17.9. The number of nitrogens with zero attached hydrogens (tertiary/aromatic N) is 1. The van der Waals surface area contributed by atoms with E-state index in [1.807, 2.05) is 18.2 Å². The molecule has 0 fully saturated rings. The summed E-state index contributed by atoms with van der Waals surface area (Å²) >= 11 is 0. The molecule has 2 N–H and O–H groups in total. The van der Waals surface area contributed by atoms with E-state index in [-0.39, 0.29) is 0 Å². The summed E-state index contributed by atoms with van der Waals surface area (Å²) < 4.78 is 10.5. The number of methoxy groups -OCH3 is 2. The summed E-state index contributed by atoms with van der Waals surface area (Å²) in [5, 5.41) is 6.61. The molecule has 0 saturated carbocycles. The summed E-state index contributed by atoms with van der Waals surface area (Å²) in [5.41, 5.74) is 1.18. The number of benzene rings is 1. The van der Waals surface area contributed by atoms with Crippen LogP contribution in [0.4, 0.5) is 0 Å². The number of nitrogens with one attached hydrogen (secondary N) is 2. The molecular weight excluding hydrogens is 254 g/mol. The Hall–Kier alpha value is -1.91. The van der Waals surface area contributed by atoms with E-state index in [1.54, 1.807) is 14.2 Å². The number of guanidine groups is 1. The summed E-state index contributed by atoms with van der Waals surface area (Å²) in [6.07, 6.45) is 0.893. The van der Waals surface area contributed by atoms with Gasteiger partial charge in [0.15, 0.2) is 5.96 Å². The van der Waals surface area contributed by atoms with Crippen LogP contribution in [0.3, 0.4) is 0 Å². The Morgan fingerprint density at radius 1 is 1.25 bits per heavy atom. The summed E-state index contributed by atoms with van der Waals surface area (Å²) in [7, 11) is 3.33. The van der Waals surface area contributed by atoms with Gasteiger partial charge in [-0.3, -0.25) is 4.99 Å². The Morgan fingerprint density at radius 3 is 2.50 bits per heavy atom. The average molecular weight is 277 g/mol. The van der Waals surface area contributed by atoms with Crippen LogP contribution in [-0.2, 0) is 6.42 Å². The van der Waals surface area contributed by atoms with E-state index >= 15 is 0 Å². The zero-order valence-corrected chi connectivity index (χ0v) is 12.4. The lowest BCUT2D eigenvalue weighted by molar-refractivity contribution is 0.393. The molecule has 0 amide bonds. The molecule has 20 heavy (non-hydrogen) atoms. The van der Waals surface area contributed by atoms with Gasteiger partial charge in [-0.1, -0.05) is 6.92 Å². The van der Waals surface area contributed by atoms with Gasteiger partial charge >= 0.3 is 0 Å². The molecule has 2 rings (SSSR count). The van der Waals surface area contributed by atoms with E-state index < -0.39 is 0 Å². The van der Waals surface area contributed by atoms with Gasteiger partial charge in [-0.15, -0.1) is 0 Å². The van der Waals surface area contributed by atoms with E-state index in [9.17, 15) is 0 Å². The van der Waals surface area contributed by atoms with E-state index in [4.69, 9.17) is 9.47 Å². The molecule has 5 nitrogen and oxygen atoms in total. The van der Waals surface area contributed by atoms with Gasteiger partial charge in [-0.2, -0.15) is 0 Å². The summed E-state index contributed by atoms with van der Waals surface area (Å²) in [6.45, 7) is 4.90. The molecular formula is C15H23N3O2. The maximum absolute atomic E-state index is 5.27. The number of hydrogen-bond acceptors (Lipinski definition) is 5. The minimum atomic E-state index is 0.614. The SMILES string of the molecule is COc1cc(CCNC2=NCC(C)CN2)cc(OC)c1. The standard InChI is InChI=1S/C15H23N3O2/c1-11-9-17-15(18-10-11)16-5-4-12-6-13(19-2)8-14(7-12)20-3/h6-8,11H,4-5,9-10H2,1-3H3,(H2,16,17,18). The Labute approximate surface area is 120 Å². The van der Waals surface area contributed by atoms with Gasteiger partial charge < -0.3 is 20.1 Å². The Balaban J connectivity index is 1.87. The van der Waals surface area contributed by atoms with Gasteiger partial charge in [0.1, 0.15) is 11.5 Å². The third-order valence-corrected chi connectivity index (χ3v) is 3.30. The molecule has 1 aliphatic heterocycles. The number of rotatable bonds is 5. The monoisotopic (exact) mass is 277 g/mol. The van der Waals surface area contributed by atoms with Gasteiger partial charge in [-0.05, 0) is 30.0 Å². The van der Waals surface area contributed by atoms with Crippen molar-refractivity contribution in [2.24, 2.45) is 10.9 Å². The lowest BCUT2D eigenvalue weighted by atomic mass is 10.1. The van der Waals surface area contributed by atoms with Crippen molar-refractivity contribution in [1.29, 1.82) is 0 Å². The van der Waals surface area contributed by atoms with Crippen molar-refractivity contribution in [2.75, 3.05) is 33.9 Å². The zero-order valence-electron chi connectivity index (χ0n) is 12.4. The van der Waals surface area contributed by atoms with Crippen LogP contribution >= 0.6 is 0 Å². The largest absolute Gasteiger partial charge is 0.497 e. The van der Waals surface area contributed by atoms with Crippen LogP contribution in [0.15, 0.2) is 23.2 Å². The predicted octanol–water partition coefficient (Wildman–Crippen LogP) is 1.43. The smallest absolute Gasteiger partial charge is 0.191 e. The second kappa shape index (κ2) is 7.03. The third-order valence-electron chi connectivity index (χ3n) is 3.30. The quantitative estimate of drug-likeness (QED) is 0.855. The number of hydrogen-bond donors (Lipinski definition) is 2. The highest BCUT2D eigenvalue weighted by Gasteiger charge is 2.09. The van der Waals surface area contributed by atoms with Crippen LogP contribution in [0.1, 0.15) is 12.5 Å². The first-order chi connectivity index (χ1) is 9.71. The van der Waals surface area contributed by atoms with Crippen LogP contribution < -0.4 is 20.1 Å². The highest BCUT2D eigenvalue weighted by Crippen LogP contribution is 2.22. The molecule has 0 spiro atoms.